The molecule has 0 aromatic heterocycles. The van der Waals surface area contributed by atoms with Gasteiger partial charge < -0.3 is 0 Å². The van der Waals surface area contributed by atoms with Gasteiger partial charge >= 0.3 is 0 Å². The molecular weight excluding hydrogens is 134 g/mol. The van der Waals surface area contributed by atoms with Crippen LogP contribution < -0.4 is 0 Å². The van der Waals surface area contributed by atoms with E-state index < -0.39 is 5.92 Å². The van der Waals surface area contributed by atoms with E-state index in [1.807, 2.05) is 27.7 Å². The highest BCUT2D eigenvalue weighted by Crippen LogP contribution is 2.10. The van der Waals surface area contributed by atoms with Gasteiger partial charge in [-0.15, -0.1) is 0 Å². The number of rotatable bonds is 1. The minimum atomic E-state index is -2.69. The summed E-state index contributed by atoms with van der Waals surface area (Å²) >= 11 is 0. The third-order valence-corrected chi connectivity index (χ3v) is 0.358. The molecule has 0 N–H and O–H groups in total. The summed E-state index contributed by atoms with van der Waals surface area (Å²) in [5.41, 5.74) is 0. The molecule has 0 heterocycles. The number of hydrogen-bond acceptors (Lipinski definition) is 0. The van der Waals surface area contributed by atoms with Crippen molar-refractivity contribution in [3.8, 4) is 0 Å². The van der Waals surface area contributed by atoms with Crippen LogP contribution in [0.5, 0.6) is 0 Å². The Morgan fingerprint density at radius 1 is 1.10 bits per heavy atom. The fraction of sp³-hybridized carbons (Fsp3) is 0.750. The number of hydrogen-bond donors (Lipinski definition) is 0. The molecule has 0 nitrogen and oxygen atoms in total. The molecule has 2 heteroatoms. The van der Waals surface area contributed by atoms with E-state index in [-0.39, 0.29) is 0 Å². The van der Waals surface area contributed by atoms with Crippen molar-refractivity contribution in [2.24, 2.45) is 0 Å². The highest BCUT2D eigenvalue weighted by Gasteiger charge is 2.12. The van der Waals surface area contributed by atoms with Crippen LogP contribution >= 0.6 is 0 Å². The predicted octanol–water partition coefficient (Wildman–Crippen LogP) is 3.88. The van der Waals surface area contributed by atoms with E-state index in [2.05, 4.69) is 6.58 Å². The highest BCUT2D eigenvalue weighted by molar-refractivity contribution is 4.81. The van der Waals surface area contributed by atoms with Crippen molar-refractivity contribution in [3.05, 3.63) is 12.7 Å². The maximum absolute atomic E-state index is 11.3. The summed E-state index contributed by atoms with van der Waals surface area (Å²) in [7, 11) is 0. The molecular formula is C8H18F2. The van der Waals surface area contributed by atoms with Crippen molar-refractivity contribution < 1.29 is 8.78 Å². The molecule has 0 saturated heterocycles. The van der Waals surface area contributed by atoms with E-state index in [1.54, 1.807) is 0 Å². The van der Waals surface area contributed by atoms with Gasteiger partial charge in [0.25, 0.3) is 5.92 Å². The Kier molecular flexibility index (Phi) is 18.6. The molecule has 0 atom stereocenters. The molecule has 0 unspecified atom stereocenters. The maximum atomic E-state index is 11.3. The van der Waals surface area contributed by atoms with Gasteiger partial charge in [0.2, 0.25) is 0 Å². The molecule has 0 bridgehead atoms. The monoisotopic (exact) mass is 152 g/mol. The highest BCUT2D eigenvalue weighted by atomic mass is 19.3. The van der Waals surface area contributed by atoms with Gasteiger partial charge in [0.15, 0.2) is 0 Å². The molecule has 0 aromatic carbocycles. The van der Waals surface area contributed by atoms with Crippen LogP contribution in [0.3, 0.4) is 0 Å². The zero-order valence-electron chi connectivity index (χ0n) is 7.54. The molecule has 64 valence electrons. The fourth-order valence-corrected chi connectivity index (χ4v) is 0. The van der Waals surface area contributed by atoms with Gasteiger partial charge in [-0.25, -0.2) is 8.78 Å². The first-order chi connectivity index (χ1) is 4.56. The summed E-state index contributed by atoms with van der Waals surface area (Å²) in [6.07, 6.45) is 0.604. The van der Waals surface area contributed by atoms with Crippen LogP contribution in [0.15, 0.2) is 12.7 Å². The van der Waals surface area contributed by atoms with Gasteiger partial charge in [0.1, 0.15) is 0 Å². The van der Waals surface area contributed by atoms with E-state index in [0.29, 0.717) is 6.08 Å². The van der Waals surface area contributed by atoms with Crippen LogP contribution in [0.2, 0.25) is 0 Å². The third-order valence-electron chi connectivity index (χ3n) is 0.358. The van der Waals surface area contributed by atoms with Gasteiger partial charge in [0, 0.05) is 6.92 Å². The summed E-state index contributed by atoms with van der Waals surface area (Å²) < 4.78 is 22.7. The van der Waals surface area contributed by atoms with Crippen LogP contribution in [0, 0.1) is 0 Å². The van der Waals surface area contributed by atoms with Crippen molar-refractivity contribution in [1.82, 2.24) is 0 Å². The Morgan fingerprint density at radius 2 is 1.20 bits per heavy atom. The molecule has 0 aromatic rings. The lowest BCUT2D eigenvalue weighted by Gasteiger charge is -1.97. The van der Waals surface area contributed by atoms with E-state index in [9.17, 15) is 8.78 Å². The first-order valence-corrected chi connectivity index (χ1v) is 3.57. The third kappa shape index (κ3) is 49.0. The molecule has 0 amide bonds. The minimum absolute atomic E-state index is 0.604. The van der Waals surface area contributed by atoms with Crippen LogP contribution in [-0.4, -0.2) is 5.92 Å². The molecule has 0 aliphatic rings. The van der Waals surface area contributed by atoms with Crippen molar-refractivity contribution in [3.63, 3.8) is 0 Å². The Labute approximate surface area is 62.9 Å². The predicted molar refractivity (Wildman–Crippen MR) is 43.5 cm³/mol. The molecule has 0 aliphatic heterocycles. The Hall–Kier alpha value is -0.400. The molecule has 0 saturated carbocycles. The smallest absolute Gasteiger partial charge is 0.202 e. The summed E-state index contributed by atoms with van der Waals surface area (Å²) in [6.45, 7) is 11.7. The lowest BCUT2D eigenvalue weighted by Crippen LogP contribution is -2.01. The van der Waals surface area contributed by atoms with E-state index in [0.717, 1.165) is 6.92 Å². The lowest BCUT2D eigenvalue weighted by molar-refractivity contribution is 0.0779. The molecule has 0 fully saturated rings. The average molecular weight is 152 g/mol. The molecule has 0 spiro atoms. The summed E-state index contributed by atoms with van der Waals surface area (Å²) in [4.78, 5) is 0. The van der Waals surface area contributed by atoms with Gasteiger partial charge in [-0.2, -0.15) is 0 Å². The standard InChI is InChI=1S/C4H6F2.2C2H6/c1-3-4(2,5)6;2*1-2/h3H,1H2,2H3;2*1-2H3. The SMILES string of the molecule is C=CC(C)(F)F.CC.CC. The summed E-state index contributed by atoms with van der Waals surface area (Å²) in [5.74, 6) is -2.69. The zero-order valence-corrected chi connectivity index (χ0v) is 7.54. The second kappa shape index (κ2) is 11.4. The van der Waals surface area contributed by atoms with Gasteiger partial charge in [-0.05, 0) is 6.08 Å². The normalized spacial score (nSPS) is 7.90. The fourth-order valence-electron chi connectivity index (χ4n) is 0. The average Bonchev–Trinajstić information content (AvgIpc) is 1.95. The molecule has 0 aliphatic carbocycles. The maximum Gasteiger partial charge on any atom is 0.263 e. The second-order valence-electron chi connectivity index (χ2n) is 1.16. The molecule has 0 rings (SSSR count). The number of halogens is 2. The van der Waals surface area contributed by atoms with E-state index in [1.165, 1.54) is 0 Å². The molecule has 10 heavy (non-hydrogen) atoms. The second-order valence-corrected chi connectivity index (χ2v) is 1.16. The van der Waals surface area contributed by atoms with Crippen LogP contribution in [0.1, 0.15) is 34.6 Å². The minimum Gasteiger partial charge on any atom is -0.202 e. The van der Waals surface area contributed by atoms with Crippen LogP contribution in [0.4, 0.5) is 8.78 Å². The number of allylic oxidation sites excluding steroid dienone is 1. The Balaban J connectivity index is -0.000000105. The van der Waals surface area contributed by atoms with Gasteiger partial charge in [-0.3, -0.25) is 0 Å². The largest absolute Gasteiger partial charge is 0.263 e. The van der Waals surface area contributed by atoms with Crippen molar-refractivity contribution >= 4 is 0 Å². The lowest BCUT2D eigenvalue weighted by atomic mass is 10.4. The van der Waals surface area contributed by atoms with Crippen LogP contribution in [-0.2, 0) is 0 Å². The van der Waals surface area contributed by atoms with Crippen molar-refractivity contribution in [2.45, 2.75) is 40.5 Å². The molecule has 0 radical (unpaired) electrons. The summed E-state index contributed by atoms with van der Waals surface area (Å²) in [6, 6.07) is 0. The Morgan fingerprint density at radius 3 is 1.20 bits per heavy atom. The first kappa shape index (κ1) is 16.3. The van der Waals surface area contributed by atoms with E-state index in [4.69, 9.17) is 0 Å². The number of alkyl halides is 2. The van der Waals surface area contributed by atoms with E-state index >= 15 is 0 Å². The first-order valence-electron chi connectivity index (χ1n) is 3.57. The topological polar surface area (TPSA) is 0 Å². The van der Waals surface area contributed by atoms with Gasteiger partial charge in [-0.1, -0.05) is 34.3 Å². The summed E-state index contributed by atoms with van der Waals surface area (Å²) in [5, 5.41) is 0. The van der Waals surface area contributed by atoms with Crippen molar-refractivity contribution in [2.75, 3.05) is 0 Å². The van der Waals surface area contributed by atoms with Crippen LogP contribution in [0.25, 0.3) is 0 Å². The quantitative estimate of drug-likeness (QED) is 0.500. The van der Waals surface area contributed by atoms with Crippen molar-refractivity contribution in [1.29, 1.82) is 0 Å². The zero-order chi connectivity index (χ0) is 9.21. The van der Waals surface area contributed by atoms with Gasteiger partial charge in [0.05, 0.1) is 0 Å². The Bertz CT molecular complexity index is 52.8.